The van der Waals surface area contributed by atoms with Crippen LogP contribution in [0.5, 0.6) is 11.5 Å². The maximum Gasteiger partial charge on any atom is 0.335 e. The minimum absolute atomic E-state index is 0.0542. The highest BCUT2D eigenvalue weighted by Crippen LogP contribution is 2.41. The molecule has 8 nitrogen and oxygen atoms in total. The zero-order valence-electron chi connectivity index (χ0n) is 23.5. The van der Waals surface area contributed by atoms with Crippen molar-refractivity contribution in [3.63, 3.8) is 0 Å². The van der Waals surface area contributed by atoms with E-state index in [1.165, 1.54) is 39.0 Å². The first kappa shape index (κ1) is 32.7. The second-order valence-corrected chi connectivity index (χ2v) is 12.2. The Labute approximate surface area is 252 Å². The molecule has 0 spiro atoms. The smallest absolute Gasteiger partial charge is 0.335 e. The van der Waals surface area contributed by atoms with Gasteiger partial charge in [0, 0.05) is 15.9 Å². The third-order valence-electron chi connectivity index (χ3n) is 7.22. The summed E-state index contributed by atoms with van der Waals surface area (Å²) in [6.07, 6.45) is -2.03. The van der Waals surface area contributed by atoms with Crippen molar-refractivity contribution in [3.05, 3.63) is 94.3 Å². The van der Waals surface area contributed by atoms with Crippen molar-refractivity contribution in [3.8, 4) is 11.5 Å². The number of hydrogen-bond acceptors (Lipinski definition) is 7. The van der Waals surface area contributed by atoms with Gasteiger partial charge in [-0.15, -0.1) is 11.8 Å². The predicted molar refractivity (Wildman–Crippen MR) is 149 cm³/mol. The first-order valence-electron chi connectivity index (χ1n) is 13.1. The summed E-state index contributed by atoms with van der Waals surface area (Å²) < 4.78 is 73.0. The van der Waals surface area contributed by atoms with Crippen LogP contribution in [-0.2, 0) is 16.0 Å². The van der Waals surface area contributed by atoms with Gasteiger partial charge in [-0.25, -0.2) is 18.0 Å². The highest BCUT2D eigenvalue weighted by Gasteiger charge is 2.51. The van der Waals surface area contributed by atoms with E-state index in [1.807, 2.05) is 0 Å². The fourth-order valence-corrected chi connectivity index (χ4v) is 5.89. The number of nitrogens with zero attached hydrogens (tertiary/aromatic N) is 1. The fraction of sp³-hybridized carbons (Fsp3) is 0.300. The number of aliphatic hydroxyl groups excluding tert-OH is 1. The zero-order chi connectivity index (χ0) is 32.5. The van der Waals surface area contributed by atoms with E-state index in [2.05, 4.69) is 10.1 Å². The third-order valence-corrected chi connectivity index (χ3v) is 8.60. The molecule has 1 saturated heterocycles. The number of nitrogens with one attached hydrogen (secondary N) is 1. The van der Waals surface area contributed by atoms with Gasteiger partial charge < -0.3 is 25.2 Å². The number of carbonyl (C=O) groups excluding carboxylic acids is 3. The highest BCUT2D eigenvalue weighted by atomic mass is 32.2. The maximum atomic E-state index is 14.3. The Morgan fingerprint density at radius 3 is 2.18 bits per heavy atom. The van der Waals surface area contributed by atoms with Crippen LogP contribution in [0, 0.1) is 36.0 Å². The molecule has 44 heavy (non-hydrogen) atoms. The minimum Gasteiger partial charge on any atom is -0.508 e. The molecule has 0 bridgehead atoms. The molecule has 14 heteroatoms. The number of halogens is 5. The molecule has 1 aliphatic rings. The first-order valence-corrected chi connectivity index (χ1v) is 14.1. The number of aliphatic hydroxyl groups is 1. The van der Waals surface area contributed by atoms with Gasteiger partial charge >= 0.3 is 5.97 Å². The lowest BCUT2D eigenvalue weighted by molar-refractivity contribution is -0.152. The number of carbonyl (C=O) groups is 3. The summed E-state index contributed by atoms with van der Waals surface area (Å²) in [7, 11) is 0. The highest BCUT2D eigenvalue weighted by molar-refractivity contribution is 8.00. The molecule has 1 aliphatic heterocycles. The molecule has 234 valence electrons. The van der Waals surface area contributed by atoms with Crippen molar-refractivity contribution in [1.82, 2.24) is 10.2 Å². The van der Waals surface area contributed by atoms with Crippen molar-refractivity contribution < 1.29 is 51.3 Å². The Morgan fingerprint density at radius 1 is 0.977 bits per heavy atom. The lowest BCUT2D eigenvalue weighted by atomic mass is 9.97. The van der Waals surface area contributed by atoms with Gasteiger partial charge in [0.2, 0.25) is 34.8 Å². The second kappa shape index (κ2) is 12.8. The number of phenols is 1. The maximum absolute atomic E-state index is 14.3. The van der Waals surface area contributed by atoms with Crippen molar-refractivity contribution in [2.24, 2.45) is 0 Å². The van der Waals surface area contributed by atoms with Gasteiger partial charge in [0.25, 0.3) is 11.8 Å². The van der Waals surface area contributed by atoms with E-state index in [9.17, 15) is 46.5 Å². The molecule has 3 aromatic carbocycles. The van der Waals surface area contributed by atoms with E-state index in [0.717, 1.165) is 16.7 Å². The molecule has 4 rings (SSSR count). The summed E-state index contributed by atoms with van der Waals surface area (Å²) in [5, 5.41) is 23.9. The Morgan fingerprint density at radius 2 is 1.57 bits per heavy atom. The monoisotopic (exact) mass is 638 g/mol. The Balaban J connectivity index is 1.64. The summed E-state index contributed by atoms with van der Waals surface area (Å²) in [6.45, 7) is 4.47. The lowest BCUT2D eigenvalue weighted by Crippen LogP contribution is -2.57. The molecule has 1 heterocycles. The normalized spacial score (nSPS) is 17.2. The SMILES string of the molecule is Cc1c(O)cccc1C(=O)N[C@@H](Cc1ccccc1)[C@H](O)C(=O)N1CSC(C)(C)[C@H]1C(=O)Oc1c(F)c(F)c(F)c(F)c1F. The standard InChI is InChI=1S/C30H27F5N2O6S/c1-14-16(10-7-11-18(14)38)27(40)36-17(12-15-8-5-4-6-9-15)24(39)28(41)37-13-44-30(2,3)26(37)29(42)43-25-22(34)20(32)19(31)21(33)23(25)35/h4-11,17,24,26,38-39H,12-13H2,1-3H3,(H,36,40)/t17-,24-,26+/m0/s1. The van der Waals surface area contributed by atoms with Gasteiger partial charge in [-0.2, -0.15) is 8.78 Å². The van der Waals surface area contributed by atoms with E-state index in [4.69, 9.17) is 0 Å². The van der Waals surface area contributed by atoms with Crippen LogP contribution in [0.2, 0.25) is 0 Å². The van der Waals surface area contributed by atoms with E-state index in [0.29, 0.717) is 5.56 Å². The van der Waals surface area contributed by atoms with E-state index >= 15 is 0 Å². The van der Waals surface area contributed by atoms with Crippen LogP contribution in [0.3, 0.4) is 0 Å². The first-order chi connectivity index (χ1) is 20.7. The fourth-order valence-electron chi connectivity index (χ4n) is 4.76. The van der Waals surface area contributed by atoms with Crippen molar-refractivity contribution in [1.29, 1.82) is 0 Å². The quantitative estimate of drug-likeness (QED) is 0.110. The largest absolute Gasteiger partial charge is 0.508 e. The Bertz CT molecular complexity index is 1580. The molecular weight excluding hydrogens is 611 g/mol. The molecule has 0 radical (unpaired) electrons. The summed E-state index contributed by atoms with van der Waals surface area (Å²) in [6, 6.07) is 9.84. The van der Waals surface area contributed by atoms with Gasteiger partial charge in [0.1, 0.15) is 11.8 Å². The van der Waals surface area contributed by atoms with Crippen LogP contribution in [-0.4, -0.2) is 61.7 Å². The van der Waals surface area contributed by atoms with Crippen molar-refractivity contribution >= 4 is 29.5 Å². The lowest BCUT2D eigenvalue weighted by Gasteiger charge is -2.32. The van der Waals surface area contributed by atoms with E-state index in [-0.39, 0.29) is 29.2 Å². The van der Waals surface area contributed by atoms with E-state index in [1.54, 1.807) is 30.3 Å². The molecule has 3 N–H and O–H groups in total. The van der Waals surface area contributed by atoms with Crippen LogP contribution < -0.4 is 10.1 Å². The van der Waals surface area contributed by atoms with Gasteiger partial charge in [0.05, 0.1) is 11.9 Å². The molecule has 3 aromatic rings. The molecular formula is C30H27F5N2O6S. The number of amides is 2. The average Bonchev–Trinajstić information content (AvgIpc) is 3.32. The number of hydrogen-bond donors (Lipinski definition) is 3. The number of aromatic hydroxyl groups is 1. The van der Waals surface area contributed by atoms with Crippen LogP contribution >= 0.6 is 11.8 Å². The molecule has 0 aromatic heterocycles. The number of rotatable bonds is 8. The molecule has 3 atom stereocenters. The number of ether oxygens (including phenoxy) is 1. The van der Waals surface area contributed by atoms with Crippen LogP contribution in [0.15, 0.2) is 48.5 Å². The van der Waals surface area contributed by atoms with Crippen molar-refractivity contribution in [2.45, 2.75) is 50.1 Å². The molecule has 0 unspecified atom stereocenters. The average molecular weight is 639 g/mol. The molecule has 1 fully saturated rings. The van der Waals surface area contributed by atoms with Crippen LogP contribution in [0.1, 0.15) is 35.3 Å². The van der Waals surface area contributed by atoms with E-state index < -0.39 is 75.6 Å². The van der Waals surface area contributed by atoms with Crippen LogP contribution in [0.25, 0.3) is 0 Å². The summed E-state index contributed by atoms with van der Waals surface area (Å²) in [5.41, 5.74) is 0.943. The van der Waals surface area contributed by atoms with Gasteiger partial charge in [-0.05, 0) is 44.9 Å². The van der Waals surface area contributed by atoms with Crippen LogP contribution in [0.4, 0.5) is 22.0 Å². The summed E-state index contributed by atoms with van der Waals surface area (Å²) >= 11 is 1.03. The summed E-state index contributed by atoms with van der Waals surface area (Å²) in [4.78, 5) is 40.9. The third kappa shape index (κ3) is 6.36. The number of phenolic OH excluding ortho intramolecular Hbond substituents is 1. The number of benzene rings is 3. The number of esters is 1. The second-order valence-electron chi connectivity index (χ2n) is 10.6. The van der Waals surface area contributed by atoms with Gasteiger partial charge in [0.15, 0.2) is 6.10 Å². The molecule has 0 aliphatic carbocycles. The molecule has 0 saturated carbocycles. The zero-order valence-corrected chi connectivity index (χ0v) is 24.4. The topological polar surface area (TPSA) is 116 Å². The van der Waals surface area contributed by atoms with Gasteiger partial charge in [-0.1, -0.05) is 36.4 Å². The Hall–Kier alpha value is -4.17. The summed E-state index contributed by atoms with van der Waals surface area (Å²) in [5.74, 6) is -17.3. The van der Waals surface area contributed by atoms with Gasteiger partial charge in [-0.3, -0.25) is 9.59 Å². The predicted octanol–water partition coefficient (Wildman–Crippen LogP) is 4.38. The minimum atomic E-state index is -2.44. The van der Waals surface area contributed by atoms with Crippen molar-refractivity contribution in [2.75, 3.05) is 5.88 Å². The Kier molecular flexibility index (Phi) is 9.54. The number of thioether (sulfide) groups is 1. The molecule has 2 amide bonds.